The highest BCUT2D eigenvalue weighted by molar-refractivity contribution is 6.16. The highest BCUT2D eigenvalue weighted by Crippen LogP contribution is 2.55. The van der Waals surface area contributed by atoms with Gasteiger partial charge in [0.25, 0.3) is 0 Å². The molecule has 45 heavy (non-hydrogen) atoms. The molecule has 6 aromatic carbocycles. The molecule has 0 saturated carbocycles. The second-order valence-electron chi connectivity index (χ2n) is 13.3. The summed E-state index contributed by atoms with van der Waals surface area (Å²) in [6.07, 6.45) is 4.14. The van der Waals surface area contributed by atoms with Crippen LogP contribution in [0.3, 0.4) is 0 Å². The van der Waals surface area contributed by atoms with E-state index in [1.807, 2.05) is 0 Å². The van der Waals surface area contributed by atoms with Crippen molar-refractivity contribution in [3.8, 4) is 33.4 Å². The van der Waals surface area contributed by atoms with Crippen molar-refractivity contribution in [2.45, 2.75) is 52.0 Å². The molecule has 1 heterocycles. The fourth-order valence-electron chi connectivity index (χ4n) is 9.29. The Hall–Kier alpha value is -4.88. The average molecular weight is 578 g/mol. The van der Waals surface area contributed by atoms with Gasteiger partial charge in [-0.25, -0.2) is 0 Å². The predicted octanol–water partition coefficient (Wildman–Crippen LogP) is 11.1. The summed E-state index contributed by atoms with van der Waals surface area (Å²) in [4.78, 5) is 0. The summed E-state index contributed by atoms with van der Waals surface area (Å²) in [7, 11) is 0. The molecular weight excluding hydrogens is 542 g/mol. The highest BCUT2D eigenvalue weighted by Gasteiger charge is 2.35. The molecular formula is C44H35N. The number of fused-ring (bicyclic) bond motifs is 14. The van der Waals surface area contributed by atoms with Crippen molar-refractivity contribution >= 4 is 21.8 Å². The third kappa shape index (κ3) is 3.39. The van der Waals surface area contributed by atoms with Gasteiger partial charge in [0, 0.05) is 34.3 Å². The van der Waals surface area contributed by atoms with E-state index in [1.165, 1.54) is 99.7 Å². The van der Waals surface area contributed by atoms with Crippen LogP contribution in [-0.2, 0) is 25.8 Å². The van der Waals surface area contributed by atoms with Gasteiger partial charge in [-0.3, -0.25) is 0 Å². The summed E-state index contributed by atoms with van der Waals surface area (Å²) in [5.74, 6) is 0.461. The summed E-state index contributed by atoms with van der Waals surface area (Å²) < 4.78 is 2.54. The van der Waals surface area contributed by atoms with Crippen LogP contribution in [0.25, 0.3) is 55.2 Å². The van der Waals surface area contributed by atoms with Crippen LogP contribution in [0.2, 0.25) is 0 Å². The zero-order valence-electron chi connectivity index (χ0n) is 26.0. The lowest BCUT2D eigenvalue weighted by Gasteiger charge is -2.15. The minimum atomic E-state index is 0.461. The number of hydrogen-bond donors (Lipinski definition) is 0. The minimum Gasteiger partial charge on any atom is -0.341 e. The molecule has 1 aromatic heterocycles. The van der Waals surface area contributed by atoms with Gasteiger partial charge in [0.2, 0.25) is 0 Å². The summed E-state index contributed by atoms with van der Waals surface area (Å²) in [6, 6.07) is 42.0. The molecule has 1 heteroatoms. The highest BCUT2D eigenvalue weighted by atomic mass is 15.0. The second kappa shape index (κ2) is 9.31. The largest absolute Gasteiger partial charge is 0.341 e. The Bertz CT molecular complexity index is 2380. The first-order chi connectivity index (χ1) is 22.2. The summed E-state index contributed by atoms with van der Waals surface area (Å²) in [6.45, 7) is 5.60. The predicted molar refractivity (Wildman–Crippen MR) is 188 cm³/mol. The maximum Gasteiger partial charge on any atom is 0.0497 e. The molecule has 0 saturated heterocycles. The lowest BCUT2D eigenvalue weighted by atomic mass is 9.89. The van der Waals surface area contributed by atoms with Crippen LogP contribution in [0, 0.1) is 0 Å². The van der Waals surface area contributed by atoms with Gasteiger partial charge in [-0.1, -0.05) is 104 Å². The molecule has 0 spiro atoms. The van der Waals surface area contributed by atoms with Crippen molar-refractivity contribution in [2.75, 3.05) is 0 Å². The molecule has 1 unspecified atom stereocenters. The Morgan fingerprint density at radius 2 is 1.29 bits per heavy atom. The van der Waals surface area contributed by atoms with E-state index in [4.69, 9.17) is 0 Å². The van der Waals surface area contributed by atoms with Gasteiger partial charge in [-0.05, 0) is 123 Å². The molecule has 1 atom stereocenters. The molecule has 1 nitrogen and oxygen atoms in total. The lowest BCUT2D eigenvalue weighted by molar-refractivity contribution is 0.796. The van der Waals surface area contributed by atoms with Gasteiger partial charge in [-0.15, -0.1) is 0 Å². The van der Waals surface area contributed by atoms with Crippen LogP contribution in [0.1, 0.15) is 70.7 Å². The molecule has 216 valence electrons. The Kier molecular flexibility index (Phi) is 5.27. The van der Waals surface area contributed by atoms with E-state index in [2.05, 4.69) is 128 Å². The standard InChI is InChI=1S/C44H35N/c1-3-32-35-15-9-12-29(42(35)44-36(32)20-17-30-24-28-11-6-8-14-34(28)41(30)44)22-26-16-19-37-39(23-26)45(4-2)38-21-18-31-25-27-10-5-7-13-33(27)40(31)43(37)38/h5-21,23,32H,3-4,22,24-25H2,1-2H3. The van der Waals surface area contributed by atoms with E-state index in [1.54, 1.807) is 0 Å². The maximum atomic E-state index is 2.54. The van der Waals surface area contributed by atoms with E-state index in [9.17, 15) is 0 Å². The van der Waals surface area contributed by atoms with Crippen LogP contribution in [-0.4, -0.2) is 4.57 Å². The number of aromatic nitrogens is 1. The Labute approximate surface area is 264 Å². The SMILES string of the molecule is CCC1c2cccc(Cc3ccc4c5c6c(ccc5n(CC)c4c3)Cc3ccccc3-6)c2-c2c1ccc1c2-c2ccccc2C1. The lowest BCUT2D eigenvalue weighted by Crippen LogP contribution is -1.97. The fraction of sp³-hybridized carbons (Fsp3) is 0.182. The van der Waals surface area contributed by atoms with Crippen molar-refractivity contribution < 1.29 is 0 Å². The number of aryl methyl sites for hydroxylation is 1. The second-order valence-corrected chi connectivity index (χ2v) is 13.3. The monoisotopic (exact) mass is 577 g/mol. The summed E-state index contributed by atoms with van der Waals surface area (Å²) in [5, 5.41) is 2.81. The van der Waals surface area contributed by atoms with Gasteiger partial charge >= 0.3 is 0 Å². The third-order valence-corrected chi connectivity index (χ3v) is 11.1. The molecule has 10 rings (SSSR count). The first-order valence-electron chi connectivity index (χ1n) is 16.7. The van der Waals surface area contributed by atoms with Crippen molar-refractivity contribution in [1.29, 1.82) is 0 Å². The van der Waals surface area contributed by atoms with Crippen LogP contribution < -0.4 is 0 Å². The molecule has 3 aliphatic carbocycles. The number of nitrogens with zero attached hydrogens (tertiary/aromatic N) is 1. The van der Waals surface area contributed by atoms with Crippen molar-refractivity contribution in [1.82, 2.24) is 4.57 Å². The first-order valence-corrected chi connectivity index (χ1v) is 16.7. The third-order valence-electron chi connectivity index (χ3n) is 11.1. The van der Waals surface area contributed by atoms with Crippen molar-refractivity contribution in [2.24, 2.45) is 0 Å². The fourth-order valence-corrected chi connectivity index (χ4v) is 9.29. The minimum absolute atomic E-state index is 0.461. The molecule has 0 aliphatic heterocycles. The van der Waals surface area contributed by atoms with E-state index < -0.39 is 0 Å². The van der Waals surface area contributed by atoms with Crippen LogP contribution >= 0.6 is 0 Å². The number of rotatable bonds is 4. The van der Waals surface area contributed by atoms with Gasteiger partial charge in [0.15, 0.2) is 0 Å². The smallest absolute Gasteiger partial charge is 0.0497 e. The van der Waals surface area contributed by atoms with Crippen LogP contribution in [0.5, 0.6) is 0 Å². The molecule has 7 aromatic rings. The Balaban J connectivity index is 1.15. The molecule has 0 bridgehead atoms. The number of hydrogen-bond acceptors (Lipinski definition) is 0. The normalized spacial score (nSPS) is 15.2. The molecule has 0 radical (unpaired) electrons. The Morgan fingerprint density at radius 1 is 0.578 bits per heavy atom. The maximum absolute atomic E-state index is 2.54. The van der Waals surface area contributed by atoms with Gasteiger partial charge in [0.1, 0.15) is 0 Å². The zero-order valence-corrected chi connectivity index (χ0v) is 26.0. The average Bonchev–Trinajstić information content (AvgIpc) is 3.81. The summed E-state index contributed by atoms with van der Waals surface area (Å²) in [5.41, 5.74) is 23.2. The molecule has 0 N–H and O–H groups in total. The zero-order chi connectivity index (χ0) is 29.8. The van der Waals surface area contributed by atoms with Crippen molar-refractivity contribution in [3.63, 3.8) is 0 Å². The van der Waals surface area contributed by atoms with Gasteiger partial charge in [0.05, 0.1) is 0 Å². The van der Waals surface area contributed by atoms with Crippen LogP contribution in [0.15, 0.2) is 109 Å². The van der Waals surface area contributed by atoms with Crippen molar-refractivity contribution in [3.05, 3.63) is 154 Å². The van der Waals surface area contributed by atoms with Crippen LogP contribution in [0.4, 0.5) is 0 Å². The first kappa shape index (κ1) is 25.4. The molecule has 3 aliphatic rings. The van der Waals surface area contributed by atoms with E-state index in [-0.39, 0.29) is 0 Å². The topological polar surface area (TPSA) is 4.93 Å². The van der Waals surface area contributed by atoms with E-state index in [0.717, 1.165) is 32.2 Å². The quantitative estimate of drug-likeness (QED) is 0.196. The Morgan fingerprint density at radius 3 is 2.07 bits per heavy atom. The van der Waals surface area contributed by atoms with E-state index >= 15 is 0 Å². The van der Waals surface area contributed by atoms with Gasteiger partial charge in [-0.2, -0.15) is 0 Å². The summed E-state index contributed by atoms with van der Waals surface area (Å²) >= 11 is 0. The van der Waals surface area contributed by atoms with Gasteiger partial charge < -0.3 is 4.57 Å². The number of benzene rings is 6. The molecule has 0 fully saturated rings. The van der Waals surface area contributed by atoms with E-state index in [0.29, 0.717) is 5.92 Å². The molecule has 0 amide bonds.